The van der Waals surface area contributed by atoms with E-state index in [0.717, 1.165) is 54.7 Å². The van der Waals surface area contributed by atoms with E-state index in [4.69, 9.17) is 8.83 Å². The minimum absolute atomic E-state index is 0.793. The Balaban J connectivity index is 1.99. The molecular formula is C14H20N2O2. The molecule has 0 aliphatic heterocycles. The summed E-state index contributed by atoms with van der Waals surface area (Å²) in [4.78, 5) is 4.30. The van der Waals surface area contributed by atoms with Crippen LogP contribution in [0.1, 0.15) is 30.8 Å². The molecule has 0 atom stereocenters. The molecule has 4 heteroatoms. The average molecular weight is 248 g/mol. The summed E-state index contributed by atoms with van der Waals surface area (Å²) in [6.07, 6.45) is 3.68. The number of hydrogen-bond donors (Lipinski definition) is 1. The third-order valence-corrected chi connectivity index (χ3v) is 2.85. The molecule has 98 valence electrons. The number of rotatable bonds is 6. The zero-order chi connectivity index (χ0) is 13.0. The summed E-state index contributed by atoms with van der Waals surface area (Å²) >= 11 is 0. The lowest BCUT2D eigenvalue weighted by Crippen LogP contribution is -2.14. The van der Waals surface area contributed by atoms with Crippen molar-refractivity contribution in [2.45, 2.75) is 33.6 Å². The van der Waals surface area contributed by atoms with Crippen LogP contribution in [0.2, 0.25) is 0 Å². The van der Waals surface area contributed by atoms with Gasteiger partial charge in [0, 0.05) is 6.42 Å². The Morgan fingerprint density at radius 2 is 2.11 bits per heavy atom. The molecule has 0 saturated carbocycles. The van der Waals surface area contributed by atoms with Gasteiger partial charge in [-0.3, -0.25) is 0 Å². The maximum Gasteiger partial charge on any atom is 0.194 e. The number of furan rings is 1. The lowest BCUT2D eigenvalue weighted by molar-refractivity contribution is 0.486. The second-order valence-electron chi connectivity index (χ2n) is 4.40. The highest BCUT2D eigenvalue weighted by atomic mass is 16.4. The zero-order valence-corrected chi connectivity index (χ0v) is 11.2. The molecule has 0 saturated heterocycles. The second-order valence-corrected chi connectivity index (χ2v) is 4.40. The number of aromatic nitrogens is 1. The molecule has 18 heavy (non-hydrogen) atoms. The van der Waals surface area contributed by atoms with Crippen LogP contribution in [-0.4, -0.2) is 18.1 Å². The summed E-state index contributed by atoms with van der Waals surface area (Å²) in [7, 11) is 0. The maximum absolute atomic E-state index is 5.75. The Morgan fingerprint density at radius 3 is 2.78 bits per heavy atom. The number of oxazole rings is 1. The predicted octanol–water partition coefficient (Wildman–Crippen LogP) is 3.09. The highest BCUT2D eigenvalue weighted by Gasteiger charge is 2.12. The van der Waals surface area contributed by atoms with E-state index >= 15 is 0 Å². The molecule has 0 spiro atoms. The molecule has 2 aromatic rings. The van der Waals surface area contributed by atoms with Gasteiger partial charge in [0.15, 0.2) is 11.7 Å². The standard InChI is InChI=1S/C14H20N2O2/c1-4-15-7-5-6-14-16-9-13(18-14)12-8-10(2)17-11(12)3/h8-9,15H,4-7H2,1-3H3. The third kappa shape index (κ3) is 3.01. The molecule has 4 nitrogen and oxygen atoms in total. The van der Waals surface area contributed by atoms with Crippen LogP contribution in [0.25, 0.3) is 11.3 Å². The number of hydrogen-bond acceptors (Lipinski definition) is 4. The Labute approximate surface area is 107 Å². The van der Waals surface area contributed by atoms with Crippen molar-refractivity contribution in [3.63, 3.8) is 0 Å². The molecule has 0 fully saturated rings. The van der Waals surface area contributed by atoms with Crippen LogP contribution in [0.3, 0.4) is 0 Å². The van der Waals surface area contributed by atoms with Gasteiger partial charge in [0.1, 0.15) is 11.5 Å². The fraction of sp³-hybridized carbons (Fsp3) is 0.500. The fourth-order valence-corrected chi connectivity index (χ4v) is 1.97. The van der Waals surface area contributed by atoms with Crippen LogP contribution in [0.15, 0.2) is 21.1 Å². The normalized spacial score (nSPS) is 11.1. The van der Waals surface area contributed by atoms with Crippen molar-refractivity contribution in [3.05, 3.63) is 29.7 Å². The van der Waals surface area contributed by atoms with Crippen LogP contribution in [-0.2, 0) is 6.42 Å². The summed E-state index contributed by atoms with van der Waals surface area (Å²) in [6.45, 7) is 7.98. The predicted molar refractivity (Wildman–Crippen MR) is 70.5 cm³/mol. The first-order valence-corrected chi connectivity index (χ1v) is 6.43. The van der Waals surface area contributed by atoms with Crippen molar-refractivity contribution in [1.82, 2.24) is 10.3 Å². The van der Waals surface area contributed by atoms with Crippen molar-refractivity contribution in [1.29, 1.82) is 0 Å². The van der Waals surface area contributed by atoms with E-state index in [9.17, 15) is 0 Å². The van der Waals surface area contributed by atoms with Crippen LogP contribution >= 0.6 is 0 Å². The van der Waals surface area contributed by atoms with Crippen LogP contribution in [0.5, 0.6) is 0 Å². The Hall–Kier alpha value is -1.55. The minimum Gasteiger partial charge on any atom is -0.466 e. The fourth-order valence-electron chi connectivity index (χ4n) is 1.97. The van der Waals surface area contributed by atoms with E-state index in [-0.39, 0.29) is 0 Å². The maximum atomic E-state index is 5.75. The molecular weight excluding hydrogens is 228 g/mol. The van der Waals surface area contributed by atoms with Gasteiger partial charge >= 0.3 is 0 Å². The van der Waals surface area contributed by atoms with Crippen molar-refractivity contribution < 1.29 is 8.83 Å². The van der Waals surface area contributed by atoms with Gasteiger partial charge in [-0.05, 0) is 39.4 Å². The molecule has 2 rings (SSSR count). The number of nitrogens with one attached hydrogen (secondary N) is 1. The second kappa shape index (κ2) is 5.87. The van der Waals surface area contributed by atoms with Crippen molar-refractivity contribution in [2.75, 3.05) is 13.1 Å². The SMILES string of the molecule is CCNCCCc1ncc(-c2cc(C)oc2C)o1. The van der Waals surface area contributed by atoms with Crippen molar-refractivity contribution in [2.24, 2.45) is 0 Å². The van der Waals surface area contributed by atoms with Gasteiger partial charge in [-0.25, -0.2) is 4.98 Å². The molecule has 0 amide bonds. The van der Waals surface area contributed by atoms with E-state index in [2.05, 4.69) is 17.2 Å². The molecule has 2 aromatic heterocycles. The zero-order valence-electron chi connectivity index (χ0n) is 11.2. The average Bonchev–Trinajstić information content (AvgIpc) is 2.91. The van der Waals surface area contributed by atoms with Gasteiger partial charge in [0.25, 0.3) is 0 Å². The van der Waals surface area contributed by atoms with Crippen molar-refractivity contribution in [3.8, 4) is 11.3 Å². The topological polar surface area (TPSA) is 51.2 Å². The molecule has 2 heterocycles. The molecule has 0 radical (unpaired) electrons. The lowest BCUT2D eigenvalue weighted by atomic mass is 10.2. The number of aryl methyl sites for hydroxylation is 3. The first-order valence-electron chi connectivity index (χ1n) is 6.43. The summed E-state index contributed by atoms with van der Waals surface area (Å²) < 4.78 is 11.2. The molecule has 1 N–H and O–H groups in total. The highest BCUT2D eigenvalue weighted by Crippen LogP contribution is 2.27. The molecule has 0 aliphatic carbocycles. The summed E-state index contributed by atoms with van der Waals surface area (Å²) in [5.74, 6) is 3.36. The van der Waals surface area contributed by atoms with E-state index in [1.165, 1.54) is 0 Å². The molecule has 0 aromatic carbocycles. The van der Waals surface area contributed by atoms with E-state index in [0.29, 0.717) is 0 Å². The molecule has 0 unspecified atom stereocenters. The monoisotopic (exact) mass is 248 g/mol. The van der Waals surface area contributed by atoms with E-state index < -0.39 is 0 Å². The van der Waals surface area contributed by atoms with Gasteiger partial charge in [0.2, 0.25) is 0 Å². The summed E-state index contributed by atoms with van der Waals surface area (Å²) in [5.41, 5.74) is 0.998. The summed E-state index contributed by atoms with van der Waals surface area (Å²) in [6, 6.07) is 1.98. The van der Waals surface area contributed by atoms with E-state index in [1.54, 1.807) is 6.20 Å². The van der Waals surface area contributed by atoms with E-state index in [1.807, 2.05) is 19.9 Å². The quantitative estimate of drug-likeness (QED) is 0.798. The Kier molecular flexibility index (Phi) is 4.20. The Bertz CT molecular complexity index is 500. The van der Waals surface area contributed by atoms with Gasteiger partial charge in [-0.2, -0.15) is 0 Å². The molecule has 0 aliphatic rings. The largest absolute Gasteiger partial charge is 0.466 e. The first kappa shape index (κ1) is 12.9. The van der Waals surface area contributed by atoms with Gasteiger partial charge in [-0.15, -0.1) is 0 Å². The Morgan fingerprint density at radius 1 is 1.28 bits per heavy atom. The lowest BCUT2D eigenvalue weighted by Gasteiger charge is -1.98. The van der Waals surface area contributed by atoms with Crippen LogP contribution in [0.4, 0.5) is 0 Å². The highest BCUT2D eigenvalue weighted by molar-refractivity contribution is 5.59. The third-order valence-electron chi connectivity index (χ3n) is 2.85. The van der Waals surface area contributed by atoms with Gasteiger partial charge in [-0.1, -0.05) is 6.92 Å². The van der Waals surface area contributed by atoms with Gasteiger partial charge < -0.3 is 14.2 Å². The molecule has 0 bridgehead atoms. The first-order chi connectivity index (χ1) is 8.70. The minimum atomic E-state index is 0.793. The van der Waals surface area contributed by atoms with Crippen LogP contribution < -0.4 is 5.32 Å². The smallest absolute Gasteiger partial charge is 0.194 e. The van der Waals surface area contributed by atoms with Crippen LogP contribution in [0, 0.1) is 13.8 Å². The van der Waals surface area contributed by atoms with Crippen molar-refractivity contribution >= 4 is 0 Å². The van der Waals surface area contributed by atoms with Gasteiger partial charge in [0.05, 0.1) is 11.8 Å². The number of nitrogens with zero attached hydrogens (tertiary/aromatic N) is 1. The summed E-state index contributed by atoms with van der Waals surface area (Å²) in [5, 5.41) is 3.28.